The van der Waals surface area contributed by atoms with E-state index < -0.39 is 0 Å². The minimum atomic E-state index is -0.258. The van der Waals surface area contributed by atoms with Crippen LogP contribution in [-0.4, -0.2) is 24.0 Å². The summed E-state index contributed by atoms with van der Waals surface area (Å²) in [5.41, 5.74) is 0.529. The minimum absolute atomic E-state index is 0.137. The second kappa shape index (κ2) is 4.93. The predicted molar refractivity (Wildman–Crippen MR) is 56.4 cm³/mol. The number of amides is 1. The molecule has 1 unspecified atom stereocenters. The molecule has 0 radical (unpaired) electrons. The molecule has 1 aromatic rings. The molecular weight excluding hydrogens is 202 g/mol. The number of anilines is 1. The highest BCUT2D eigenvalue weighted by Gasteiger charge is 2.11. The van der Waals surface area contributed by atoms with Gasteiger partial charge in [-0.05, 0) is 20.0 Å². The van der Waals surface area contributed by atoms with Crippen LogP contribution in [0.25, 0.3) is 0 Å². The van der Waals surface area contributed by atoms with Crippen LogP contribution in [0.5, 0.6) is 0 Å². The first kappa shape index (κ1) is 10.9. The van der Waals surface area contributed by atoms with E-state index in [0.29, 0.717) is 10.7 Å². The van der Waals surface area contributed by atoms with Gasteiger partial charge in [0.25, 0.3) is 0 Å². The highest BCUT2D eigenvalue weighted by molar-refractivity contribution is 6.33. The molecule has 0 aliphatic carbocycles. The zero-order chi connectivity index (χ0) is 10.6. The Labute approximate surface area is 87.7 Å². The van der Waals surface area contributed by atoms with Crippen molar-refractivity contribution in [2.24, 2.45) is 0 Å². The maximum atomic E-state index is 11.4. The monoisotopic (exact) mass is 213 g/mol. The summed E-state index contributed by atoms with van der Waals surface area (Å²) in [6.07, 6.45) is 3.09. The van der Waals surface area contributed by atoms with Crippen molar-refractivity contribution in [2.45, 2.75) is 13.0 Å². The Morgan fingerprint density at radius 2 is 2.36 bits per heavy atom. The third kappa shape index (κ3) is 2.68. The lowest BCUT2D eigenvalue weighted by Crippen LogP contribution is -2.35. The number of hydrogen-bond donors (Lipinski definition) is 2. The van der Waals surface area contributed by atoms with Gasteiger partial charge < -0.3 is 10.6 Å². The third-order valence-corrected chi connectivity index (χ3v) is 2.18. The first-order valence-electron chi connectivity index (χ1n) is 4.22. The quantitative estimate of drug-likeness (QED) is 0.796. The van der Waals surface area contributed by atoms with Gasteiger partial charge in [-0.2, -0.15) is 0 Å². The topological polar surface area (TPSA) is 54.0 Å². The van der Waals surface area contributed by atoms with E-state index in [0.717, 1.165) is 0 Å². The third-order valence-electron chi connectivity index (χ3n) is 1.85. The fourth-order valence-electron chi connectivity index (χ4n) is 0.842. The molecule has 4 nitrogen and oxygen atoms in total. The molecule has 0 saturated carbocycles. The smallest absolute Gasteiger partial charge is 0.241 e. The van der Waals surface area contributed by atoms with E-state index in [1.807, 2.05) is 0 Å². The van der Waals surface area contributed by atoms with Crippen molar-refractivity contribution in [3.05, 3.63) is 23.5 Å². The first-order chi connectivity index (χ1) is 6.65. The number of nitrogens with zero attached hydrogens (tertiary/aromatic N) is 1. The number of likely N-dealkylation sites (N-methyl/N-ethyl adjacent to an activating group) is 1. The van der Waals surface area contributed by atoms with Gasteiger partial charge in [0.1, 0.15) is 0 Å². The van der Waals surface area contributed by atoms with E-state index in [1.54, 1.807) is 26.2 Å². The first-order valence-corrected chi connectivity index (χ1v) is 4.60. The van der Waals surface area contributed by atoms with Gasteiger partial charge in [-0.25, -0.2) is 0 Å². The maximum absolute atomic E-state index is 11.4. The van der Waals surface area contributed by atoms with Crippen LogP contribution in [0.1, 0.15) is 6.92 Å². The van der Waals surface area contributed by atoms with E-state index in [9.17, 15) is 4.79 Å². The summed E-state index contributed by atoms with van der Waals surface area (Å²) in [5.74, 6) is -0.137. The average molecular weight is 214 g/mol. The molecule has 1 amide bonds. The van der Waals surface area contributed by atoms with Crippen LogP contribution in [0, 0.1) is 0 Å². The van der Waals surface area contributed by atoms with Crippen molar-refractivity contribution >= 4 is 23.2 Å². The molecule has 14 heavy (non-hydrogen) atoms. The average Bonchev–Trinajstić information content (AvgIpc) is 2.20. The van der Waals surface area contributed by atoms with E-state index in [1.165, 1.54) is 6.20 Å². The molecule has 0 aromatic carbocycles. The fourth-order valence-corrected chi connectivity index (χ4v) is 0.994. The Kier molecular flexibility index (Phi) is 3.85. The van der Waals surface area contributed by atoms with Crippen molar-refractivity contribution in [2.75, 3.05) is 12.4 Å². The van der Waals surface area contributed by atoms with E-state index in [4.69, 9.17) is 11.6 Å². The van der Waals surface area contributed by atoms with Gasteiger partial charge in [-0.15, -0.1) is 0 Å². The number of nitrogens with one attached hydrogen (secondary N) is 2. The molecule has 0 aliphatic heterocycles. The molecule has 0 bridgehead atoms. The molecule has 2 N–H and O–H groups in total. The standard InChI is InChI=1S/C9H12ClN3O/c1-6(11-2)9(14)13-8-5-12-4-3-7(8)10/h3-6,11H,1-2H3,(H,13,14). The Balaban J connectivity index is 2.70. The highest BCUT2D eigenvalue weighted by Crippen LogP contribution is 2.18. The zero-order valence-electron chi connectivity index (χ0n) is 8.04. The summed E-state index contributed by atoms with van der Waals surface area (Å²) >= 11 is 5.84. The summed E-state index contributed by atoms with van der Waals surface area (Å²) in [5, 5.41) is 5.98. The summed E-state index contributed by atoms with van der Waals surface area (Å²) < 4.78 is 0. The molecule has 76 valence electrons. The second-order valence-electron chi connectivity index (χ2n) is 2.86. The van der Waals surface area contributed by atoms with Crippen molar-refractivity contribution in [1.82, 2.24) is 10.3 Å². The zero-order valence-corrected chi connectivity index (χ0v) is 8.80. The molecule has 0 saturated heterocycles. The summed E-state index contributed by atoms with van der Waals surface area (Å²) in [4.78, 5) is 15.3. The molecule has 0 fully saturated rings. The normalized spacial score (nSPS) is 12.2. The maximum Gasteiger partial charge on any atom is 0.241 e. The van der Waals surface area contributed by atoms with Crippen molar-refractivity contribution in [3.63, 3.8) is 0 Å². The molecule has 1 rings (SSSR count). The molecule has 1 atom stereocenters. The summed E-state index contributed by atoms with van der Waals surface area (Å²) in [6, 6.07) is 1.37. The Hall–Kier alpha value is -1.13. The molecule has 0 spiro atoms. The SMILES string of the molecule is CNC(C)C(=O)Nc1cnccc1Cl. The number of pyridine rings is 1. The fraction of sp³-hybridized carbons (Fsp3) is 0.333. The Morgan fingerprint density at radius 3 is 2.93 bits per heavy atom. The number of carbonyl (C=O) groups excluding carboxylic acids is 1. The van der Waals surface area contributed by atoms with Gasteiger partial charge in [0.05, 0.1) is 22.9 Å². The van der Waals surface area contributed by atoms with Gasteiger partial charge in [0, 0.05) is 6.20 Å². The highest BCUT2D eigenvalue weighted by atomic mass is 35.5. The lowest BCUT2D eigenvalue weighted by atomic mass is 10.3. The summed E-state index contributed by atoms with van der Waals surface area (Å²) in [6.45, 7) is 1.76. The molecule has 5 heteroatoms. The molecule has 1 aromatic heterocycles. The minimum Gasteiger partial charge on any atom is -0.322 e. The Morgan fingerprint density at radius 1 is 1.64 bits per heavy atom. The van der Waals surface area contributed by atoms with Gasteiger partial charge in [-0.3, -0.25) is 9.78 Å². The molecule has 0 aliphatic rings. The van der Waals surface area contributed by atoms with E-state index in [2.05, 4.69) is 15.6 Å². The Bertz CT molecular complexity index is 330. The van der Waals surface area contributed by atoms with Crippen LogP contribution < -0.4 is 10.6 Å². The van der Waals surface area contributed by atoms with Crippen molar-refractivity contribution in [3.8, 4) is 0 Å². The van der Waals surface area contributed by atoms with Crippen LogP contribution in [0.3, 0.4) is 0 Å². The largest absolute Gasteiger partial charge is 0.322 e. The lowest BCUT2D eigenvalue weighted by molar-refractivity contribution is -0.117. The van der Waals surface area contributed by atoms with Crippen molar-refractivity contribution < 1.29 is 4.79 Å². The van der Waals surface area contributed by atoms with Gasteiger partial charge in [0.15, 0.2) is 0 Å². The lowest BCUT2D eigenvalue weighted by Gasteiger charge is -2.11. The van der Waals surface area contributed by atoms with Crippen LogP contribution in [0.15, 0.2) is 18.5 Å². The van der Waals surface area contributed by atoms with Crippen molar-refractivity contribution in [1.29, 1.82) is 0 Å². The number of halogens is 1. The molecule has 1 heterocycles. The van der Waals surface area contributed by atoms with Crippen LogP contribution in [-0.2, 0) is 4.79 Å². The van der Waals surface area contributed by atoms with E-state index in [-0.39, 0.29) is 11.9 Å². The molecular formula is C9H12ClN3O. The number of hydrogen-bond acceptors (Lipinski definition) is 3. The number of aromatic nitrogens is 1. The summed E-state index contributed by atoms with van der Waals surface area (Å²) in [7, 11) is 1.72. The van der Waals surface area contributed by atoms with Gasteiger partial charge >= 0.3 is 0 Å². The van der Waals surface area contributed by atoms with Crippen LogP contribution in [0.4, 0.5) is 5.69 Å². The predicted octanol–water partition coefficient (Wildman–Crippen LogP) is 1.28. The second-order valence-corrected chi connectivity index (χ2v) is 3.26. The van der Waals surface area contributed by atoms with E-state index >= 15 is 0 Å². The van der Waals surface area contributed by atoms with Crippen LogP contribution >= 0.6 is 11.6 Å². The number of carbonyl (C=O) groups is 1. The number of rotatable bonds is 3. The van der Waals surface area contributed by atoms with Gasteiger partial charge in [0.2, 0.25) is 5.91 Å². The van der Waals surface area contributed by atoms with Crippen LogP contribution in [0.2, 0.25) is 5.02 Å². The van der Waals surface area contributed by atoms with Gasteiger partial charge in [-0.1, -0.05) is 11.6 Å².